The lowest BCUT2D eigenvalue weighted by Gasteiger charge is -2.32. The molecule has 2 heterocycles. The number of nitrogens with two attached hydrogens (primary N) is 1. The highest BCUT2D eigenvalue weighted by Gasteiger charge is 2.29. The maximum absolute atomic E-state index is 11.6. The first-order valence-corrected chi connectivity index (χ1v) is 9.44. The van der Waals surface area contributed by atoms with Crippen molar-refractivity contribution >= 4 is 54.5 Å². The Bertz CT molecular complexity index is 797. The van der Waals surface area contributed by atoms with E-state index in [1.165, 1.54) is 0 Å². The second-order valence-electron chi connectivity index (χ2n) is 6.35. The number of aromatic nitrogens is 2. The molecule has 3 rings (SSSR count). The van der Waals surface area contributed by atoms with Crippen molar-refractivity contribution < 1.29 is 4.92 Å². The first kappa shape index (κ1) is 17.6. The molecule has 2 aromatic rings. The summed E-state index contributed by atoms with van der Waals surface area (Å²) >= 11 is 6.72. The number of imidazole rings is 1. The number of halogens is 2. The van der Waals surface area contributed by atoms with Gasteiger partial charge in [0.15, 0.2) is 5.52 Å². The van der Waals surface area contributed by atoms with Crippen LogP contribution in [0.25, 0.3) is 11.0 Å². The second-order valence-corrected chi connectivity index (χ2v) is 7.99. The van der Waals surface area contributed by atoms with E-state index < -0.39 is 0 Å². The molecule has 0 atom stereocenters. The maximum Gasteiger partial charge on any atom is 0.312 e. The van der Waals surface area contributed by atoms with Crippen molar-refractivity contribution in [3.63, 3.8) is 0 Å². The predicted molar refractivity (Wildman–Crippen MR) is 102 cm³/mol. The lowest BCUT2D eigenvalue weighted by Crippen LogP contribution is -2.41. The fourth-order valence-corrected chi connectivity index (χ4v) is 4.00. The molecule has 0 saturated carbocycles. The summed E-state index contributed by atoms with van der Waals surface area (Å²) in [7, 11) is 0. The van der Waals surface area contributed by atoms with Gasteiger partial charge < -0.3 is 15.2 Å². The van der Waals surface area contributed by atoms with Gasteiger partial charge in [-0.05, 0) is 64.6 Å². The Labute approximate surface area is 156 Å². The molecule has 7 nitrogen and oxygen atoms in total. The van der Waals surface area contributed by atoms with Crippen LogP contribution in [0.3, 0.4) is 0 Å². The van der Waals surface area contributed by atoms with Crippen LogP contribution in [0.15, 0.2) is 15.0 Å². The van der Waals surface area contributed by atoms with E-state index in [4.69, 9.17) is 5.73 Å². The van der Waals surface area contributed by atoms with Crippen molar-refractivity contribution in [2.75, 3.05) is 18.0 Å². The lowest BCUT2D eigenvalue weighted by atomic mass is 10.1. The maximum atomic E-state index is 11.6. The van der Waals surface area contributed by atoms with E-state index >= 15 is 0 Å². The molecule has 130 valence electrons. The molecule has 0 radical (unpaired) electrons. The van der Waals surface area contributed by atoms with Gasteiger partial charge >= 0.3 is 5.69 Å². The summed E-state index contributed by atoms with van der Waals surface area (Å²) in [4.78, 5) is 18.0. The molecular formula is C15H19Br2N5O2. The van der Waals surface area contributed by atoms with E-state index in [-0.39, 0.29) is 22.7 Å². The molecule has 0 unspecified atom stereocenters. The number of hydrogen-bond acceptors (Lipinski definition) is 5. The Morgan fingerprint density at radius 1 is 1.38 bits per heavy atom. The minimum Gasteiger partial charge on any atom is -0.342 e. The number of anilines is 1. The molecule has 0 aliphatic carbocycles. The molecule has 1 saturated heterocycles. The molecule has 2 N–H and O–H groups in total. The van der Waals surface area contributed by atoms with Crippen molar-refractivity contribution in [1.82, 2.24) is 9.55 Å². The fraction of sp³-hybridized carbons (Fsp3) is 0.533. The van der Waals surface area contributed by atoms with Crippen LogP contribution >= 0.6 is 31.9 Å². The average Bonchev–Trinajstić information content (AvgIpc) is 2.87. The third-order valence-corrected chi connectivity index (χ3v) is 6.32. The summed E-state index contributed by atoms with van der Waals surface area (Å²) in [6, 6.07) is 2.24. The van der Waals surface area contributed by atoms with E-state index in [9.17, 15) is 10.1 Å². The van der Waals surface area contributed by atoms with Gasteiger partial charge in [0.2, 0.25) is 5.95 Å². The summed E-state index contributed by atoms with van der Waals surface area (Å²) in [5.41, 5.74) is 7.16. The van der Waals surface area contributed by atoms with Crippen LogP contribution in [0, 0.1) is 10.1 Å². The zero-order valence-corrected chi connectivity index (χ0v) is 16.7. The molecule has 1 fully saturated rings. The normalized spacial score (nSPS) is 16.3. The molecule has 0 amide bonds. The Balaban J connectivity index is 2.25. The van der Waals surface area contributed by atoms with E-state index in [0.29, 0.717) is 14.5 Å². The van der Waals surface area contributed by atoms with Gasteiger partial charge in [0.25, 0.3) is 0 Å². The lowest BCUT2D eigenvalue weighted by molar-refractivity contribution is -0.384. The Kier molecular flexibility index (Phi) is 4.85. The molecular weight excluding hydrogens is 442 g/mol. The summed E-state index contributed by atoms with van der Waals surface area (Å²) in [6.07, 6.45) is 1.80. The number of nitro groups is 1. The predicted octanol–water partition coefficient (Wildman–Crippen LogP) is 3.98. The highest BCUT2D eigenvalue weighted by atomic mass is 79.9. The summed E-state index contributed by atoms with van der Waals surface area (Å²) < 4.78 is 3.13. The average molecular weight is 461 g/mol. The van der Waals surface area contributed by atoms with Gasteiger partial charge in [0.05, 0.1) is 10.4 Å². The number of nitro benzene ring substituents is 1. The molecule has 24 heavy (non-hydrogen) atoms. The van der Waals surface area contributed by atoms with Gasteiger partial charge in [0.1, 0.15) is 4.47 Å². The Hall–Kier alpha value is -1.19. The summed E-state index contributed by atoms with van der Waals surface area (Å²) in [6.45, 7) is 5.74. The van der Waals surface area contributed by atoms with Gasteiger partial charge in [-0.15, -0.1) is 0 Å². The Morgan fingerprint density at radius 2 is 2.00 bits per heavy atom. The van der Waals surface area contributed by atoms with Crippen LogP contribution < -0.4 is 10.6 Å². The first-order chi connectivity index (χ1) is 11.3. The molecule has 1 aromatic carbocycles. The third kappa shape index (κ3) is 2.93. The number of rotatable bonds is 3. The quantitative estimate of drug-likeness (QED) is 0.552. The highest BCUT2D eigenvalue weighted by Crippen LogP contribution is 2.41. The summed E-state index contributed by atoms with van der Waals surface area (Å²) in [5.74, 6) is 0.778. The van der Waals surface area contributed by atoms with E-state index in [1.54, 1.807) is 0 Å². The molecule has 1 aliphatic rings. The number of fused-ring (bicyclic) bond motifs is 1. The standard InChI is InChI=1S/C15H19Br2N5O2/c1-8(2)21-11-7-10(16)12(17)14(22(23)24)13(11)19-15(21)20-5-3-9(18)4-6-20/h7-9H,3-6,18H2,1-2H3. The smallest absolute Gasteiger partial charge is 0.312 e. The van der Waals surface area contributed by atoms with Gasteiger partial charge in [-0.3, -0.25) is 10.1 Å². The monoisotopic (exact) mass is 459 g/mol. The van der Waals surface area contributed by atoms with Crippen LogP contribution in [0.4, 0.5) is 11.6 Å². The summed E-state index contributed by atoms with van der Waals surface area (Å²) in [5, 5.41) is 11.6. The third-order valence-electron chi connectivity index (χ3n) is 4.36. The molecule has 1 aromatic heterocycles. The SMILES string of the molecule is CC(C)n1c(N2CCC(N)CC2)nc2c([N+](=O)[O-])c(Br)c(Br)cc21. The first-order valence-electron chi connectivity index (χ1n) is 7.86. The molecule has 9 heteroatoms. The van der Waals surface area contributed by atoms with Crippen LogP contribution in [0.2, 0.25) is 0 Å². The fourth-order valence-electron chi connectivity index (χ4n) is 3.14. The van der Waals surface area contributed by atoms with Crippen LogP contribution in [-0.2, 0) is 0 Å². The van der Waals surface area contributed by atoms with Gasteiger partial charge in [0, 0.05) is 29.6 Å². The van der Waals surface area contributed by atoms with Crippen molar-refractivity contribution in [3.05, 3.63) is 25.1 Å². The zero-order chi connectivity index (χ0) is 17.6. The number of benzene rings is 1. The van der Waals surface area contributed by atoms with Gasteiger partial charge in [-0.1, -0.05) is 0 Å². The van der Waals surface area contributed by atoms with E-state index in [2.05, 4.69) is 60.2 Å². The molecule has 0 bridgehead atoms. The molecule has 1 aliphatic heterocycles. The van der Waals surface area contributed by atoms with Gasteiger partial charge in [-0.25, -0.2) is 4.98 Å². The minimum absolute atomic E-state index is 0.00580. The second kappa shape index (κ2) is 6.61. The van der Waals surface area contributed by atoms with Crippen LogP contribution in [0.5, 0.6) is 0 Å². The highest BCUT2D eigenvalue weighted by molar-refractivity contribution is 9.13. The largest absolute Gasteiger partial charge is 0.342 e. The van der Waals surface area contributed by atoms with Crippen molar-refractivity contribution in [3.8, 4) is 0 Å². The zero-order valence-electron chi connectivity index (χ0n) is 13.5. The number of piperidine rings is 1. The van der Waals surface area contributed by atoms with Crippen LogP contribution in [0.1, 0.15) is 32.7 Å². The minimum atomic E-state index is -0.384. The van der Waals surface area contributed by atoms with Crippen molar-refractivity contribution in [2.45, 2.75) is 38.8 Å². The van der Waals surface area contributed by atoms with Crippen LogP contribution in [-0.4, -0.2) is 33.6 Å². The Morgan fingerprint density at radius 3 is 2.54 bits per heavy atom. The number of hydrogen-bond donors (Lipinski definition) is 1. The molecule has 0 spiro atoms. The van der Waals surface area contributed by atoms with Crippen molar-refractivity contribution in [2.24, 2.45) is 5.73 Å². The van der Waals surface area contributed by atoms with Crippen molar-refractivity contribution in [1.29, 1.82) is 0 Å². The number of nitrogens with zero attached hydrogens (tertiary/aromatic N) is 4. The topological polar surface area (TPSA) is 90.2 Å². The van der Waals surface area contributed by atoms with E-state index in [0.717, 1.165) is 37.4 Å². The van der Waals surface area contributed by atoms with E-state index in [1.807, 2.05) is 6.07 Å². The van der Waals surface area contributed by atoms with Gasteiger partial charge in [-0.2, -0.15) is 0 Å².